The number of ether oxygens (including phenoxy) is 1. The summed E-state index contributed by atoms with van der Waals surface area (Å²) < 4.78 is 11.8. The highest BCUT2D eigenvalue weighted by Gasteiger charge is 2.45. The van der Waals surface area contributed by atoms with Gasteiger partial charge in [-0.05, 0) is 67.5 Å². The maximum atomic E-state index is 14.1. The molecule has 254 valence electrons. The van der Waals surface area contributed by atoms with E-state index < -0.39 is 35.4 Å². The molecule has 0 radical (unpaired) electrons. The summed E-state index contributed by atoms with van der Waals surface area (Å²) in [6.07, 6.45) is 0.906. The third-order valence-corrected chi connectivity index (χ3v) is 10.2. The Hall–Kier alpha value is -4.26. The van der Waals surface area contributed by atoms with Crippen molar-refractivity contribution in [3.05, 3.63) is 71.1 Å². The van der Waals surface area contributed by atoms with Crippen LogP contribution in [0.1, 0.15) is 74.8 Å². The molecule has 0 bridgehead atoms. The number of aliphatic hydroxyl groups is 1. The largest absolute Gasteiger partial charge is 0.490 e. The van der Waals surface area contributed by atoms with Crippen LogP contribution in [0.15, 0.2) is 58.5 Å². The normalized spacial score (nSPS) is 22.2. The maximum absolute atomic E-state index is 14.1. The van der Waals surface area contributed by atoms with Gasteiger partial charge in [-0.25, -0.2) is 4.98 Å². The minimum Gasteiger partial charge on any atom is -0.490 e. The Kier molecular flexibility index (Phi) is 9.34. The predicted octanol–water partition coefficient (Wildman–Crippen LogP) is 4.72. The van der Waals surface area contributed by atoms with E-state index in [1.54, 1.807) is 29.5 Å². The molecule has 4 atom stereocenters. The summed E-state index contributed by atoms with van der Waals surface area (Å²) in [6.45, 7) is 9.35. The smallest absolute Gasteiger partial charge is 0.287 e. The van der Waals surface area contributed by atoms with Gasteiger partial charge in [0.25, 0.3) is 5.91 Å². The number of furan rings is 1. The average molecular weight is 674 g/mol. The minimum absolute atomic E-state index is 0.0179. The Bertz CT molecular complexity index is 1810. The highest BCUT2D eigenvalue weighted by Crippen LogP contribution is 2.31. The first-order valence-electron chi connectivity index (χ1n) is 16.3. The van der Waals surface area contributed by atoms with E-state index in [1.807, 2.05) is 70.5 Å². The van der Waals surface area contributed by atoms with Crippen molar-refractivity contribution in [3.8, 4) is 16.2 Å². The quantitative estimate of drug-likeness (QED) is 0.199. The SMILES string of the molecule is Cc1ncsc1-c1ccc([C@H](C)NC(=O)[C@@H]2C[C@@H](O)CN2C(=O)C(NC(=O)c2cc3cc(O[C@H]4C[C@@H](N)C4)ccc3o2)C(C)(C)C)cc1. The summed E-state index contributed by atoms with van der Waals surface area (Å²) >= 11 is 1.58. The van der Waals surface area contributed by atoms with Crippen molar-refractivity contribution in [2.45, 2.75) is 90.3 Å². The van der Waals surface area contributed by atoms with Gasteiger partial charge in [-0.3, -0.25) is 14.4 Å². The van der Waals surface area contributed by atoms with Crippen LogP contribution in [0.5, 0.6) is 5.75 Å². The number of hydrogen-bond donors (Lipinski definition) is 4. The number of aryl methyl sites for hydroxylation is 1. The first-order valence-corrected chi connectivity index (χ1v) is 17.2. The number of benzene rings is 2. The van der Waals surface area contributed by atoms with Crippen molar-refractivity contribution in [2.24, 2.45) is 11.1 Å². The third kappa shape index (κ3) is 7.11. The van der Waals surface area contributed by atoms with Gasteiger partial charge < -0.3 is 35.5 Å². The third-order valence-electron chi connectivity index (χ3n) is 9.18. The molecule has 0 spiro atoms. The van der Waals surface area contributed by atoms with Gasteiger partial charge in [0, 0.05) is 24.4 Å². The molecule has 1 aliphatic carbocycles. The second kappa shape index (κ2) is 13.3. The Labute approximate surface area is 283 Å². The lowest BCUT2D eigenvalue weighted by Crippen LogP contribution is -2.57. The Balaban J connectivity index is 1.13. The monoisotopic (exact) mass is 673 g/mol. The standard InChI is InChI=1S/C36H43N5O6S/c1-19(21-6-8-22(9-7-21)31-20(2)38-18-48-31)39-33(43)28-16-25(42)17-41(28)35(45)32(36(3,4)5)40-34(44)30-13-23-12-26(10-11-29(23)47-30)46-27-14-24(37)15-27/h6-13,18-19,24-25,27-28,32,42H,14-17,37H2,1-5H3,(H,39,43)(H,40,44)/t19-,24-,25+,27+,28-,32?/m0/s1. The number of aromatic nitrogens is 1. The van der Waals surface area contributed by atoms with Crippen LogP contribution < -0.4 is 21.1 Å². The molecule has 3 heterocycles. The molecule has 5 N–H and O–H groups in total. The van der Waals surface area contributed by atoms with Gasteiger partial charge in [-0.1, -0.05) is 45.0 Å². The number of carbonyl (C=O) groups excluding carboxylic acids is 3. The van der Waals surface area contributed by atoms with E-state index in [0.29, 0.717) is 16.7 Å². The van der Waals surface area contributed by atoms with Crippen LogP contribution in [0, 0.1) is 12.3 Å². The Morgan fingerprint density at radius 1 is 1.08 bits per heavy atom. The number of nitrogens with one attached hydrogen (secondary N) is 2. The molecular formula is C36H43N5O6S. The van der Waals surface area contributed by atoms with Crippen LogP contribution in [0.4, 0.5) is 0 Å². The summed E-state index contributed by atoms with van der Waals surface area (Å²) in [4.78, 5) is 48.0. The van der Waals surface area contributed by atoms with E-state index in [0.717, 1.165) is 34.5 Å². The van der Waals surface area contributed by atoms with Gasteiger partial charge in [0.15, 0.2) is 5.76 Å². The second-order valence-corrected chi connectivity index (χ2v) is 14.9. The van der Waals surface area contributed by atoms with Crippen LogP contribution >= 0.6 is 11.3 Å². The van der Waals surface area contributed by atoms with Crippen molar-refractivity contribution in [2.75, 3.05) is 6.54 Å². The van der Waals surface area contributed by atoms with Crippen molar-refractivity contribution < 1.29 is 28.6 Å². The first kappa shape index (κ1) is 33.6. The van der Waals surface area contributed by atoms with Crippen LogP contribution in [0.25, 0.3) is 21.4 Å². The molecule has 6 rings (SSSR count). The number of likely N-dealkylation sites (tertiary alicyclic amines) is 1. The van der Waals surface area contributed by atoms with E-state index in [9.17, 15) is 19.5 Å². The van der Waals surface area contributed by atoms with Crippen molar-refractivity contribution in [1.29, 1.82) is 0 Å². The van der Waals surface area contributed by atoms with Crippen molar-refractivity contribution >= 4 is 40.0 Å². The topological polar surface area (TPSA) is 160 Å². The number of nitrogens with two attached hydrogens (primary N) is 1. The molecule has 11 nitrogen and oxygen atoms in total. The van der Waals surface area contributed by atoms with E-state index >= 15 is 0 Å². The number of aliphatic hydroxyl groups excluding tert-OH is 1. The fourth-order valence-electron chi connectivity index (χ4n) is 6.32. The molecule has 12 heteroatoms. The van der Waals surface area contributed by atoms with Crippen LogP contribution in [0.2, 0.25) is 0 Å². The first-order chi connectivity index (χ1) is 22.8. The number of thiazole rings is 1. The maximum Gasteiger partial charge on any atom is 0.287 e. The summed E-state index contributed by atoms with van der Waals surface area (Å²) in [7, 11) is 0. The molecule has 3 amide bonds. The Morgan fingerprint density at radius 3 is 2.46 bits per heavy atom. The van der Waals surface area contributed by atoms with Crippen LogP contribution in [-0.2, 0) is 9.59 Å². The number of hydrogen-bond acceptors (Lipinski definition) is 9. The fraction of sp³-hybridized carbons (Fsp3) is 0.444. The lowest BCUT2D eigenvalue weighted by atomic mass is 9.85. The summed E-state index contributed by atoms with van der Waals surface area (Å²) in [5.41, 5.74) is 10.4. The molecule has 2 aromatic heterocycles. The van der Waals surface area contributed by atoms with Gasteiger partial charge >= 0.3 is 0 Å². The zero-order chi connectivity index (χ0) is 34.3. The van der Waals surface area contributed by atoms with Gasteiger partial charge in [0.1, 0.15) is 29.5 Å². The molecule has 48 heavy (non-hydrogen) atoms. The van der Waals surface area contributed by atoms with Crippen LogP contribution in [-0.4, -0.2) is 69.6 Å². The molecule has 2 fully saturated rings. The highest BCUT2D eigenvalue weighted by molar-refractivity contribution is 7.13. The number of fused-ring (bicyclic) bond motifs is 1. The number of β-amino-alcohol motifs (C(OH)–C–C–N with tert-alkyl or cyclic N) is 1. The lowest BCUT2D eigenvalue weighted by molar-refractivity contribution is -0.142. The molecule has 2 aliphatic rings. The van der Waals surface area contributed by atoms with Crippen LogP contribution in [0.3, 0.4) is 0 Å². The predicted molar refractivity (Wildman–Crippen MR) is 184 cm³/mol. The van der Waals surface area contributed by atoms with Crippen molar-refractivity contribution in [3.63, 3.8) is 0 Å². The van der Waals surface area contributed by atoms with E-state index in [4.69, 9.17) is 14.9 Å². The molecule has 1 aliphatic heterocycles. The second-order valence-electron chi connectivity index (χ2n) is 14.1. The number of amides is 3. The van der Waals surface area contributed by atoms with Gasteiger partial charge in [-0.2, -0.15) is 0 Å². The highest BCUT2D eigenvalue weighted by atomic mass is 32.1. The summed E-state index contributed by atoms with van der Waals surface area (Å²) in [5.74, 6) is -0.652. The van der Waals surface area contributed by atoms with E-state index in [-0.39, 0.29) is 42.8 Å². The molecule has 1 saturated heterocycles. The fourth-order valence-corrected chi connectivity index (χ4v) is 7.13. The van der Waals surface area contributed by atoms with E-state index in [2.05, 4.69) is 15.6 Å². The summed E-state index contributed by atoms with van der Waals surface area (Å²) in [5, 5.41) is 17.2. The molecule has 2 aromatic carbocycles. The average Bonchev–Trinajstić information content (AvgIpc) is 3.76. The summed E-state index contributed by atoms with van der Waals surface area (Å²) in [6, 6.07) is 12.9. The number of nitrogens with zero attached hydrogens (tertiary/aromatic N) is 2. The molecule has 4 aromatic rings. The Morgan fingerprint density at radius 2 is 1.81 bits per heavy atom. The number of rotatable bonds is 9. The zero-order valence-corrected chi connectivity index (χ0v) is 28.7. The molecule has 1 saturated carbocycles. The van der Waals surface area contributed by atoms with Gasteiger partial charge in [0.05, 0.1) is 28.2 Å². The van der Waals surface area contributed by atoms with Crippen molar-refractivity contribution in [1.82, 2.24) is 20.5 Å². The zero-order valence-electron chi connectivity index (χ0n) is 27.9. The van der Waals surface area contributed by atoms with Gasteiger partial charge in [0.2, 0.25) is 11.8 Å². The molecular weight excluding hydrogens is 630 g/mol. The molecule has 1 unspecified atom stereocenters. The van der Waals surface area contributed by atoms with E-state index in [1.165, 1.54) is 4.90 Å². The van der Waals surface area contributed by atoms with Gasteiger partial charge in [-0.15, -0.1) is 11.3 Å². The number of carbonyl (C=O) groups is 3. The minimum atomic E-state index is -0.999. The lowest BCUT2D eigenvalue weighted by Gasteiger charge is -2.35.